The molecule has 0 bridgehead atoms. The number of aromatic amines is 1. The van der Waals surface area contributed by atoms with Gasteiger partial charge in [0.2, 0.25) is 0 Å². The van der Waals surface area contributed by atoms with Crippen molar-refractivity contribution in [3.05, 3.63) is 57.5 Å². The normalized spacial score (nSPS) is 10.2. The summed E-state index contributed by atoms with van der Waals surface area (Å²) >= 11 is 0. The Morgan fingerprint density at radius 1 is 1.42 bits per heavy atom. The first kappa shape index (κ1) is 12.9. The number of H-pyrrole nitrogens is 1. The average Bonchev–Trinajstić information content (AvgIpc) is 2.36. The summed E-state index contributed by atoms with van der Waals surface area (Å²) < 4.78 is 0. The van der Waals surface area contributed by atoms with Crippen LogP contribution in [0.15, 0.2) is 29.3 Å². The van der Waals surface area contributed by atoms with Crippen LogP contribution in [0.3, 0.4) is 0 Å². The van der Waals surface area contributed by atoms with Crippen molar-refractivity contribution in [2.24, 2.45) is 0 Å². The second-order valence-corrected chi connectivity index (χ2v) is 4.17. The Kier molecular flexibility index (Phi) is 3.70. The topological polar surface area (TPSA) is 87.7 Å². The zero-order valence-corrected chi connectivity index (χ0v) is 10.7. The van der Waals surface area contributed by atoms with Crippen molar-refractivity contribution in [1.29, 1.82) is 0 Å². The van der Waals surface area contributed by atoms with Crippen LogP contribution in [0.5, 0.6) is 0 Å². The van der Waals surface area contributed by atoms with E-state index in [1.165, 1.54) is 12.3 Å². The number of rotatable bonds is 3. The fourth-order valence-electron chi connectivity index (χ4n) is 1.62. The van der Waals surface area contributed by atoms with Gasteiger partial charge in [0, 0.05) is 24.2 Å². The standard InChI is InChI=1S/C13H14N4O2/c1-8-5-12(18)11(7-15-8)13(19)16-6-10-3-4-14-9(2)17-10/h3-5,7H,6H2,1-2H3,(H,15,18)(H,16,19). The van der Waals surface area contributed by atoms with E-state index in [1.807, 2.05) is 0 Å². The molecule has 19 heavy (non-hydrogen) atoms. The molecule has 2 N–H and O–H groups in total. The molecule has 0 atom stereocenters. The summed E-state index contributed by atoms with van der Waals surface area (Å²) in [7, 11) is 0. The van der Waals surface area contributed by atoms with Crippen LogP contribution in [0.25, 0.3) is 0 Å². The van der Waals surface area contributed by atoms with Crippen LogP contribution in [-0.2, 0) is 6.54 Å². The smallest absolute Gasteiger partial charge is 0.257 e. The van der Waals surface area contributed by atoms with Gasteiger partial charge >= 0.3 is 0 Å². The third-order valence-electron chi connectivity index (χ3n) is 2.57. The maximum Gasteiger partial charge on any atom is 0.257 e. The van der Waals surface area contributed by atoms with E-state index < -0.39 is 5.91 Å². The molecule has 2 heterocycles. The molecule has 2 aromatic heterocycles. The highest BCUT2D eigenvalue weighted by Crippen LogP contribution is 1.96. The van der Waals surface area contributed by atoms with Crippen molar-refractivity contribution in [1.82, 2.24) is 20.3 Å². The average molecular weight is 258 g/mol. The molecule has 6 nitrogen and oxygen atoms in total. The Morgan fingerprint density at radius 3 is 2.89 bits per heavy atom. The molecule has 0 spiro atoms. The molecule has 98 valence electrons. The number of aryl methyl sites for hydroxylation is 2. The number of hydrogen-bond donors (Lipinski definition) is 2. The summed E-state index contributed by atoms with van der Waals surface area (Å²) in [5.41, 5.74) is 1.21. The van der Waals surface area contributed by atoms with Crippen LogP contribution in [-0.4, -0.2) is 20.9 Å². The molecule has 0 fully saturated rings. The zero-order chi connectivity index (χ0) is 13.8. The monoisotopic (exact) mass is 258 g/mol. The van der Waals surface area contributed by atoms with Crippen LogP contribution in [0.4, 0.5) is 0 Å². The fraction of sp³-hybridized carbons (Fsp3) is 0.231. The number of carbonyl (C=O) groups is 1. The second-order valence-electron chi connectivity index (χ2n) is 4.17. The van der Waals surface area contributed by atoms with Gasteiger partial charge in [0.25, 0.3) is 5.91 Å². The van der Waals surface area contributed by atoms with Crippen molar-refractivity contribution < 1.29 is 4.79 Å². The van der Waals surface area contributed by atoms with E-state index in [1.54, 1.807) is 26.1 Å². The van der Waals surface area contributed by atoms with Gasteiger partial charge in [0.15, 0.2) is 5.43 Å². The number of hydrogen-bond acceptors (Lipinski definition) is 4. The first-order valence-corrected chi connectivity index (χ1v) is 5.82. The van der Waals surface area contributed by atoms with Gasteiger partial charge in [-0.15, -0.1) is 0 Å². The maximum absolute atomic E-state index is 11.9. The highest BCUT2D eigenvalue weighted by Gasteiger charge is 2.10. The lowest BCUT2D eigenvalue weighted by Crippen LogP contribution is -2.28. The minimum Gasteiger partial charge on any atom is -0.364 e. The van der Waals surface area contributed by atoms with E-state index in [0.29, 0.717) is 17.2 Å². The van der Waals surface area contributed by atoms with E-state index in [-0.39, 0.29) is 17.5 Å². The van der Waals surface area contributed by atoms with Gasteiger partial charge in [-0.05, 0) is 19.9 Å². The summed E-state index contributed by atoms with van der Waals surface area (Å²) in [6.07, 6.45) is 3.04. The molecule has 6 heteroatoms. The van der Waals surface area contributed by atoms with Gasteiger partial charge in [-0.1, -0.05) is 0 Å². The highest BCUT2D eigenvalue weighted by molar-refractivity contribution is 5.93. The third-order valence-corrected chi connectivity index (χ3v) is 2.57. The summed E-state index contributed by atoms with van der Waals surface area (Å²) in [6.45, 7) is 3.79. The van der Waals surface area contributed by atoms with E-state index >= 15 is 0 Å². The van der Waals surface area contributed by atoms with Crippen molar-refractivity contribution in [3.63, 3.8) is 0 Å². The van der Waals surface area contributed by atoms with E-state index in [4.69, 9.17) is 0 Å². The highest BCUT2D eigenvalue weighted by atomic mass is 16.2. The molecule has 1 amide bonds. The molecule has 2 rings (SSSR count). The van der Waals surface area contributed by atoms with Crippen molar-refractivity contribution in [2.75, 3.05) is 0 Å². The van der Waals surface area contributed by atoms with Crippen LogP contribution in [0, 0.1) is 13.8 Å². The summed E-state index contributed by atoms with van der Waals surface area (Å²) in [5.74, 6) is 0.220. The van der Waals surface area contributed by atoms with E-state index in [2.05, 4.69) is 20.3 Å². The Labute approximate surface area is 109 Å². The number of pyridine rings is 1. The SMILES string of the molecule is Cc1nccc(CNC(=O)c2c[nH]c(C)cc2=O)n1. The summed E-state index contributed by atoms with van der Waals surface area (Å²) in [5, 5.41) is 2.65. The van der Waals surface area contributed by atoms with Crippen LogP contribution in [0.1, 0.15) is 27.6 Å². The lowest BCUT2D eigenvalue weighted by molar-refractivity contribution is 0.0949. The largest absolute Gasteiger partial charge is 0.364 e. The summed E-state index contributed by atoms with van der Waals surface area (Å²) in [6, 6.07) is 3.11. The second kappa shape index (κ2) is 5.43. The molecule has 0 radical (unpaired) electrons. The van der Waals surface area contributed by atoms with Crippen molar-refractivity contribution >= 4 is 5.91 Å². The number of amides is 1. The number of aromatic nitrogens is 3. The molecule has 0 aliphatic carbocycles. The number of carbonyl (C=O) groups excluding carboxylic acids is 1. The predicted molar refractivity (Wildman–Crippen MR) is 69.7 cm³/mol. The summed E-state index contributed by atoms with van der Waals surface area (Å²) in [4.78, 5) is 34.5. The minimum absolute atomic E-state index is 0.0939. The Morgan fingerprint density at radius 2 is 2.21 bits per heavy atom. The molecule has 0 saturated heterocycles. The van der Waals surface area contributed by atoms with Gasteiger partial charge in [-0.3, -0.25) is 9.59 Å². The Bertz CT molecular complexity index is 664. The fourth-order valence-corrected chi connectivity index (χ4v) is 1.62. The first-order valence-electron chi connectivity index (χ1n) is 5.82. The van der Waals surface area contributed by atoms with Gasteiger partial charge in [0.1, 0.15) is 11.4 Å². The van der Waals surface area contributed by atoms with Crippen molar-refractivity contribution in [3.8, 4) is 0 Å². The van der Waals surface area contributed by atoms with Crippen LogP contribution >= 0.6 is 0 Å². The Balaban J connectivity index is 2.07. The lowest BCUT2D eigenvalue weighted by atomic mass is 10.2. The third kappa shape index (κ3) is 3.25. The lowest BCUT2D eigenvalue weighted by Gasteiger charge is -2.05. The predicted octanol–water partition coefficient (Wildman–Crippen LogP) is 0.712. The van der Waals surface area contributed by atoms with Gasteiger partial charge in [-0.25, -0.2) is 9.97 Å². The van der Waals surface area contributed by atoms with E-state index in [0.717, 1.165) is 0 Å². The Hall–Kier alpha value is -2.50. The van der Waals surface area contributed by atoms with Gasteiger partial charge in [0.05, 0.1) is 12.2 Å². The van der Waals surface area contributed by atoms with Gasteiger partial charge < -0.3 is 10.3 Å². The molecule has 0 unspecified atom stereocenters. The van der Waals surface area contributed by atoms with Gasteiger partial charge in [-0.2, -0.15) is 0 Å². The zero-order valence-electron chi connectivity index (χ0n) is 10.7. The maximum atomic E-state index is 11.9. The van der Waals surface area contributed by atoms with E-state index in [9.17, 15) is 9.59 Å². The molecular weight excluding hydrogens is 244 g/mol. The molecule has 0 saturated carbocycles. The number of nitrogens with one attached hydrogen (secondary N) is 2. The van der Waals surface area contributed by atoms with Crippen LogP contribution in [0.2, 0.25) is 0 Å². The molecule has 0 aromatic carbocycles. The molecule has 0 aliphatic heterocycles. The molecule has 2 aromatic rings. The number of nitrogens with zero attached hydrogens (tertiary/aromatic N) is 2. The van der Waals surface area contributed by atoms with Crippen LogP contribution < -0.4 is 10.7 Å². The van der Waals surface area contributed by atoms with Crippen molar-refractivity contribution in [2.45, 2.75) is 20.4 Å². The molecular formula is C13H14N4O2. The quantitative estimate of drug-likeness (QED) is 0.848. The first-order chi connectivity index (χ1) is 9.06. The molecule has 0 aliphatic rings. The minimum atomic E-state index is -0.419.